The number of carbonyl (C=O) groups is 2. The molecule has 0 aromatic carbocycles. The number of Topliss-reactive ketones (excluding diaryl/α,β-unsaturated/α-hetero) is 2. The van der Waals surface area contributed by atoms with Crippen LogP contribution in [-0.2, 0) is 9.59 Å². The van der Waals surface area contributed by atoms with E-state index in [2.05, 4.69) is 6.92 Å². The Morgan fingerprint density at radius 2 is 1.77 bits per heavy atom. The van der Waals surface area contributed by atoms with E-state index in [0.717, 1.165) is 25.7 Å². The highest BCUT2D eigenvalue weighted by molar-refractivity contribution is 5.89. The van der Waals surface area contributed by atoms with Crippen LogP contribution in [0.5, 0.6) is 0 Å². The molecule has 5 nitrogen and oxygen atoms in total. The van der Waals surface area contributed by atoms with Crippen LogP contribution in [0, 0.1) is 28.6 Å². The number of fused-ring (bicyclic) bond motifs is 5. The molecule has 4 aliphatic carbocycles. The van der Waals surface area contributed by atoms with Crippen molar-refractivity contribution in [3.63, 3.8) is 0 Å². The molecule has 0 bridgehead atoms. The molecular weight excluding hydrogens is 332 g/mol. The van der Waals surface area contributed by atoms with E-state index < -0.39 is 29.0 Å². The summed E-state index contributed by atoms with van der Waals surface area (Å²) in [4.78, 5) is 24.3. The number of hydrogen-bond donors (Lipinski definition) is 3. The Kier molecular flexibility index (Phi) is 4.01. The number of rotatable bonds is 2. The van der Waals surface area contributed by atoms with Gasteiger partial charge >= 0.3 is 0 Å². The van der Waals surface area contributed by atoms with Crippen molar-refractivity contribution in [1.29, 1.82) is 0 Å². The molecule has 26 heavy (non-hydrogen) atoms. The second kappa shape index (κ2) is 5.62. The van der Waals surface area contributed by atoms with Crippen LogP contribution in [0.2, 0.25) is 0 Å². The molecule has 0 amide bonds. The van der Waals surface area contributed by atoms with E-state index in [1.807, 2.05) is 6.92 Å². The van der Waals surface area contributed by atoms with Crippen molar-refractivity contribution < 1.29 is 24.9 Å². The zero-order chi connectivity index (χ0) is 19.0. The van der Waals surface area contributed by atoms with Crippen molar-refractivity contribution in [2.75, 3.05) is 6.61 Å². The molecule has 0 spiro atoms. The summed E-state index contributed by atoms with van der Waals surface area (Å²) >= 11 is 0. The average molecular weight is 364 g/mol. The Balaban J connectivity index is 1.71. The van der Waals surface area contributed by atoms with Gasteiger partial charge < -0.3 is 15.3 Å². The summed E-state index contributed by atoms with van der Waals surface area (Å²) in [7, 11) is 0. The maximum Gasteiger partial charge on any atom is 0.190 e. The van der Waals surface area contributed by atoms with Crippen LogP contribution in [0.1, 0.15) is 71.6 Å². The van der Waals surface area contributed by atoms with Crippen LogP contribution in [0.15, 0.2) is 0 Å². The maximum absolute atomic E-state index is 12.4. The zero-order valence-corrected chi connectivity index (χ0v) is 16.0. The topological polar surface area (TPSA) is 94.8 Å². The Hall–Kier alpha value is -0.780. The Labute approximate surface area is 155 Å². The highest BCUT2D eigenvalue weighted by Crippen LogP contribution is 2.69. The minimum atomic E-state index is -1.64. The molecule has 3 N–H and O–H groups in total. The molecule has 0 aromatic heterocycles. The second-order valence-corrected chi connectivity index (χ2v) is 9.97. The standard InChI is InChI=1S/C21H32O5/c1-18-7-5-14(23)11-13(18)3-4-16-15(18)6-8-19(2)20(16,25)9-10-21(19,26)17(24)12-22/h13,15-16,22,25-26H,3-12H2,1-2H3/t13-,15-,16+,18+,19+,20+,21-/m1/s1. The Morgan fingerprint density at radius 3 is 2.46 bits per heavy atom. The fourth-order valence-corrected chi connectivity index (χ4v) is 7.61. The number of carbonyl (C=O) groups excluding carboxylic acids is 2. The monoisotopic (exact) mass is 364 g/mol. The molecule has 146 valence electrons. The SMILES string of the molecule is C[C@]12CCC(=O)C[C@H]1CC[C@H]1[C@H]2CC[C@]2(C)[C@](O)(C(=O)CO)CC[C@]12O. The zero-order valence-electron chi connectivity index (χ0n) is 16.0. The molecule has 4 rings (SSSR count). The largest absolute Gasteiger partial charge is 0.389 e. The maximum atomic E-state index is 12.4. The lowest BCUT2D eigenvalue weighted by Crippen LogP contribution is -2.66. The van der Waals surface area contributed by atoms with Gasteiger partial charge in [0.25, 0.3) is 0 Å². The first-order valence-corrected chi connectivity index (χ1v) is 10.2. The van der Waals surface area contributed by atoms with E-state index >= 15 is 0 Å². The van der Waals surface area contributed by atoms with Gasteiger partial charge in [0.05, 0.1) is 5.60 Å². The van der Waals surface area contributed by atoms with Gasteiger partial charge in [-0.05, 0) is 68.1 Å². The van der Waals surface area contributed by atoms with Crippen LogP contribution in [-0.4, -0.2) is 44.7 Å². The van der Waals surface area contributed by atoms with Gasteiger partial charge in [0.2, 0.25) is 0 Å². The summed E-state index contributed by atoms with van der Waals surface area (Å²) in [6.45, 7) is 3.47. The summed E-state index contributed by atoms with van der Waals surface area (Å²) in [6.07, 6.45) is 6.08. The van der Waals surface area contributed by atoms with Crippen molar-refractivity contribution in [3.05, 3.63) is 0 Å². The highest BCUT2D eigenvalue weighted by Gasteiger charge is 2.73. The average Bonchev–Trinajstić information content (AvgIpc) is 2.84. The third kappa shape index (κ3) is 2.03. The van der Waals surface area contributed by atoms with Crippen molar-refractivity contribution in [3.8, 4) is 0 Å². The summed E-state index contributed by atoms with van der Waals surface area (Å²) in [5.74, 6) is 0.596. The van der Waals surface area contributed by atoms with Gasteiger partial charge in [-0.15, -0.1) is 0 Å². The minimum Gasteiger partial charge on any atom is -0.389 e. The smallest absolute Gasteiger partial charge is 0.190 e. The molecule has 7 atom stereocenters. The molecule has 0 saturated heterocycles. The number of aliphatic hydroxyl groups excluding tert-OH is 1. The molecule has 5 heteroatoms. The van der Waals surface area contributed by atoms with Crippen molar-refractivity contribution in [2.45, 2.75) is 82.8 Å². The van der Waals surface area contributed by atoms with Crippen molar-refractivity contribution in [2.24, 2.45) is 28.6 Å². The van der Waals surface area contributed by atoms with Gasteiger partial charge in [-0.25, -0.2) is 0 Å². The second-order valence-electron chi connectivity index (χ2n) is 9.97. The molecule has 0 aliphatic heterocycles. The quantitative estimate of drug-likeness (QED) is 0.697. The number of hydrogen-bond acceptors (Lipinski definition) is 5. The predicted molar refractivity (Wildman–Crippen MR) is 95.2 cm³/mol. The van der Waals surface area contributed by atoms with Crippen LogP contribution < -0.4 is 0 Å². The lowest BCUT2D eigenvalue weighted by atomic mass is 9.43. The summed E-state index contributed by atoms with van der Waals surface area (Å²) in [5.41, 5.74) is -3.56. The molecule has 0 heterocycles. The van der Waals surface area contributed by atoms with Gasteiger partial charge in [-0.3, -0.25) is 9.59 Å². The first-order chi connectivity index (χ1) is 12.1. The highest BCUT2D eigenvalue weighted by atomic mass is 16.3. The predicted octanol–water partition coefficient (Wildman–Crippen LogP) is 2.01. The van der Waals surface area contributed by atoms with Gasteiger partial charge in [0, 0.05) is 18.3 Å². The van der Waals surface area contributed by atoms with E-state index in [-0.39, 0.29) is 17.8 Å². The van der Waals surface area contributed by atoms with Crippen molar-refractivity contribution in [1.82, 2.24) is 0 Å². The van der Waals surface area contributed by atoms with E-state index in [1.165, 1.54) is 0 Å². The van der Waals surface area contributed by atoms with Crippen LogP contribution >= 0.6 is 0 Å². The lowest BCUT2D eigenvalue weighted by Gasteiger charge is -2.63. The fraction of sp³-hybridized carbons (Fsp3) is 0.905. The summed E-state index contributed by atoms with van der Waals surface area (Å²) in [5, 5.41) is 32.4. The van der Waals surface area contributed by atoms with Gasteiger partial charge in [-0.2, -0.15) is 0 Å². The molecular formula is C21H32O5. The molecule has 4 aliphatic rings. The van der Waals surface area contributed by atoms with E-state index in [9.17, 15) is 24.9 Å². The Morgan fingerprint density at radius 1 is 1.04 bits per heavy atom. The van der Waals surface area contributed by atoms with E-state index in [1.54, 1.807) is 0 Å². The molecule has 0 unspecified atom stereocenters. The van der Waals surface area contributed by atoms with Crippen molar-refractivity contribution >= 4 is 11.6 Å². The normalized spacial score (nSPS) is 53.6. The first kappa shape index (κ1) is 18.6. The molecule has 0 radical (unpaired) electrons. The molecule has 4 fully saturated rings. The Bertz CT molecular complexity index is 646. The summed E-state index contributed by atoms with van der Waals surface area (Å²) in [6, 6.07) is 0. The minimum absolute atomic E-state index is 0.0521. The summed E-state index contributed by atoms with van der Waals surface area (Å²) < 4.78 is 0. The first-order valence-electron chi connectivity index (χ1n) is 10.2. The third-order valence-electron chi connectivity index (χ3n) is 9.42. The van der Waals surface area contributed by atoms with E-state index in [4.69, 9.17) is 0 Å². The third-order valence-corrected chi connectivity index (χ3v) is 9.42. The lowest BCUT2D eigenvalue weighted by molar-refractivity contribution is -0.230. The van der Waals surface area contributed by atoms with Gasteiger partial charge in [0.15, 0.2) is 5.78 Å². The number of ketones is 2. The van der Waals surface area contributed by atoms with Crippen LogP contribution in [0.25, 0.3) is 0 Å². The molecule has 4 saturated carbocycles. The molecule has 0 aromatic rings. The van der Waals surface area contributed by atoms with Gasteiger partial charge in [-0.1, -0.05) is 13.8 Å². The number of aliphatic hydroxyl groups is 3. The fourth-order valence-electron chi connectivity index (χ4n) is 7.61. The van der Waals surface area contributed by atoms with E-state index in [0.29, 0.717) is 43.3 Å². The van der Waals surface area contributed by atoms with Crippen LogP contribution in [0.4, 0.5) is 0 Å². The van der Waals surface area contributed by atoms with Crippen LogP contribution in [0.3, 0.4) is 0 Å². The van der Waals surface area contributed by atoms with Gasteiger partial charge in [0.1, 0.15) is 18.0 Å².